The van der Waals surface area contributed by atoms with Crippen LogP contribution in [-0.4, -0.2) is 9.91 Å². The number of nitro groups is 1. The molecule has 2 aromatic rings. The third-order valence-electron chi connectivity index (χ3n) is 2.18. The van der Waals surface area contributed by atoms with Gasteiger partial charge in [-0.25, -0.2) is 9.37 Å². The smallest absolute Gasteiger partial charge is 0.295 e. The zero-order valence-corrected chi connectivity index (χ0v) is 8.93. The van der Waals surface area contributed by atoms with E-state index in [4.69, 9.17) is 0 Å². The van der Waals surface area contributed by atoms with Crippen LogP contribution in [0.25, 0.3) is 0 Å². The minimum absolute atomic E-state index is 0.00620. The molecule has 0 bridgehead atoms. The molecule has 0 saturated carbocycles. The highest BCUT2D eigenvalue weighted by molar-refractivity contribution is 5.69. The summed E-state index contributed by atoms with van der Waals surface area (Å²) in [5.41, 5.74) is -0.501. The molecule has 0 atom stereocenters. The first kappa shape index (κ1) is 11.9. The molecule has 1 heterocycles. The predicted molar refractivity (Wildman–Crippen MR) is 60.5 cm³/mol. The second kappa shape index (κ2) is 4.74. The fourth-order valence-electron chi connectivity index (χ4n) is 1.39. The van der Waals surface area contributed by atoms with Crippen molar-refractivity contribution in [2.45, 2.75) is 0 Å². The molecule has 5 nitrogen and oxygen atoms in total. The number of pyridine rings is 1. The van der Waals surface area contributed by atoms with E-state index in [9.17, 15) is 18.9 Å². The number of hydrogen-bond donors (Lipinski definition) is 1. The number of nitrogens with zero attached hydrogens (tertiary/aromatic N) is 2. The largest absolute Gasteiger partial charge is 0.346 e. The number of hydrogen-bond acceptors (Lipinski definition) is 4. The molecular formula is C11H7F2N3O2. The topological polar surface area (TPSA) is 68.1 Å². The van der Waals surface area contributed by atoms with Gasteiger partial charge in [0.15, 0.2) is 0 Å². The van der Waals surface area contributed by atoms with Crippen molar-refractivity contribution in [2.24, 2.45) is 0 Å². The zero-order chi connectivity index (χ0) is 13.1. The lowest BCUT2D eigenvalue weighted by molar-refractivity contribution is -0.384. The van der Waals surface area contributed by atoms with E-state index < -0.39 is 22.4 Å². The maximum Gasteiger partial charge on any atom is 0.295 e. The van der Waals surface area contributed by atoms with Gasteiger partial charge in [-0.2, -0.15) is 4.39 Å². The van der Waals surface area contributed by atoms with E-state index in [1.165, 1.54) is 24.4 Å². The summed E-state index contributed by atoms with van der Waals surface area (Å²) in [6.07, 6.45) is 1.25. The van der Waals surface area contributed by atoms with Crippen molar-refractivity contribution in [1.29, 1.82) is 0 Å². The Labute approximate surface area is 100 Å². The molecule has 1 N–H and O–H groups in total. The Morgan fingerprint density at radius 1 is 1.22 bits per heavy atom. The Morgan fingerprint density at radius 3 is 2.67 bits per heavy atom. The summed E-state index contributed by atoms with van der Waals surface area (Å²) >= 11 is 0. The number of benzene rings is 1. The van der Waals surface area contributed by atoms with Crippen molar-refractivity contribution in [1.82, 2.24) is 4.98 Å². The maximum atomic E-state index is 13.3. The molecule has 0 aliphatic heterocycles. The van der Waals surface area contributed by atoms with Gasteiger partial charge in [0.1, 0.15) is 11.5 Å². The molecule has 0 aliphatic rings. The van der Waals surface area contributed by atoms with Gasteiger partial charge in [-0.05, 0) is 24.3 Å². The Hall–Kier alpha value is -2.57. The molecule has 92 valence electrons. The van der Waals surface area contributed by atoms with Gasteiger partial charge in [-0.3, -0.25) is 10.1 Å². The molecule has 0 radical (unpaired) electrons. The first-order valence-corrected chi connectivity index (χ1v) is 4.89. The fraction of sp³-hybridized carbons (Fsp3) is 0. The van der Waals surface area contributed by atoms with E-state index in [1.807, 2.05) is 0 Å². The minimum atomic E-state index is -0.795. The highest BCUT2D eigenvalue weighted by Crippen LogP contribution is 2.28. The Morgan fingerprint density at radius 2 is 2.00 bits per heavy atom. The number of nitrogens with one attached hydrogen (secondary N) is 1. The maximum absolute atomic E-state index is 13.3. The number of halogens is 2. The Kier molecular flexibility index (Phi) is 3.13. The van der Waals surface area contributed by atoms with Gasteiger partial charge in [-0.1, -0.05) is 0 Å². The molecule has 1 aromatic heterocycles. The van der Waals surface area contributed by atoms with E-state index in [0.29, 0.717) is 0 Å². The molecular weight excluding hydrogens is 244 g/mol. The van der Waals surface area contributed by atoms with Crippen LogP contribution in [0.1, 0.15) is 0 Å². The number of nitro benzene ring substituents is 1. The summed E-state index contributed by atoms with van der Waals surface area (Å²) < 4.78 is 26.2. The van der Waals surface area contributed by atoms with Gasteiger partial charge in [0.2, 0.25) is 5.95 Å². The van der Waals surface area contributed by atoms with Crippen LogP contribution in [0.15, 0.2) is 36.5 Å². The van der Waals surface area contributed by atoms with Crippen LogP contribution in [0, 0.1) is 21.9 Å². The van der Waals surface area contributed by atoms with Crippen LogP contribution >= 0.6 is 0 Å². The predicted octanol–water partition coefficient (Wildman–Crippen LogP) is 3.01. The van der Waals surface area contributed by atoms with Crippen LogP contribution < -0.4 is 5.32 Å². The zero-order valence-electron chi connectivity index (χ0n) is 8.93. The minimum Gasteiger partial charge on any atom is -0.346 e. The molecule has 0 amide bonds. The number of aromatic nitrogens is 1. The average molecular weight is 251 g/mol. The van der Waals surface area contributed by atoms with Crippen molar-refractivity contribution < 1.29 is 13.7 Å². The summed E-state index contributed by atoms with van der Waals surface area (Å²) in [4.78, 5) is 13.4. The molecule has 0 unspecified atom stereocenters. The second-order valence-corrected chi connectivity index (χ2v) is 3.39. The first-order valence-electron chi connectivity index (χ1n) is 4.89. The first-order chi connectivity index (χ1) is 8.58. The summed E-state index contributed by atoms with van der Waals surface area (Å²) in [5.74, 6) is -1.53. The van der Waals surface area contributed by atoms with Gasteiger partial charge in [0, 0.05) is 6.20 Å². The molecule has 18 heavy (non-hydrogen) atoms. The quantitative estimate of drug-likeness (QED) is 0.517. The highest BCUT2D eigenvalue weighted by Gasteiger charge is 2.16. The van der Waals surface area contributed by atoms with Crippen LogP contribution in [0.4, 0.5) is 25.8 Å². The van der Waals surface area contributed by atoms with Crippen molar-refractivity contribution in [3.63, 3.8) is 0 Å². The molecule has 0 saturated heterocycles. The van der Waals surface area contributed by atoms with Crippen molar-refractivity contribution in [3.8, 4) is 0 Å². The molecule has 1 aromatic carbocycles. The lowest BCUT2D eigenvalue weighted by Gasteiger charge is -2.07. The number of rotatable bonds is 3. The van der Waals surface area contributed by atoms with Crippen molar-refractivity contribution in [3.05, 3.63) is 58.4 Å². The van der Waals surface area contributed by atoms with Gasteiger partial charge < -0.3 is 5.32 Å². The monoisotopic (exact) mass is 251 g/mol. The SMILES string of the molecule is O=[N+]([O-])c1cc(F)ccc1Nc1cccnc1F. The van der Waals surface area contributed by atoms with E-state index in [2.05, 4.69) is 10.3 Å². The third-order valence-corrected chi connectivity index (χ3v) is 2.18. The summed E-state index contributed by atoms with van der Waals surface area (Å²) in [7, 11) is 0. The fourth-order valence-corrected chi connectivity index (χ4v) is 1.39. The van der Waals surface area contributed by atoms with E-state index >= 15 is 0 Å². The van der Waals surface area contributed by atoms with Gasteiger partial charge in [-0.15, -0.1) is 0 Å². The van der Waals surface area contributed by atoms with Gasteiger partial charge >= 0.3 is 0 Å². The van der Waals surface area contributed by atoms with E-state index in [1.54, 1.807) is 0 Å². The van der Waals surface area contributed by atoms with Gasteiger partial charge in [0.25, 0.3) is 5.69 Å². The molecule has 0 spiro atoms. The van der Waals surface area contributed by atoms with Gasteiger partial charge in [0.05, 0.1) is 16.7 Å². The molecule has 7 heteroatoms. The Balaban J connectivity index is 2.41. The average Bonchev–Trinajstić information content (AvgIpc) is 2.34. The summed E-state index contributed by atoms with van der Waals surface area (Å²) in [6, 6.07) is 5.82. The molecule has 2 rings (SSSR count). The standard InChI is InChI=1S/C11H7F2N3O2/c12-7-3-4-8(10(6-7)16(17)18)15-9-2-1-5-14-11(9)13/h1-6,15H. The van der Waals surface area contributed by atoms with Crippen LogP contribution in [0.3, 0.4) is 0 Å². The normalized spacial score (nSPS) is 10.1. The highest BCUT2D eigenvalue weighted by atomic mass is 19.1. The summed E-state index contributed by atoms with van der Waals surface area (Å²) in [6.45, 7) is 0. The molecule has 0 aliphatic carbocycles. The van der Waals surface area contributed by atoms with E-state index in [-0.39, 0.29) is 11.4 Å². The summed E-state index contributed by atoms with van der Waals surface area (Å²) in [5, 5.41) is 13.2. The lowest BCUT2D eigenvalue weighted by Crippen LogP contribution is -2.00. The van der Waals surface area contributed by atoms with Crippen LogP contribution in [0.2, 0.25) is 0 Å². The van der Waals surface area contributed by atoms with Crippen molar-refractivity contribution >= 4 is 17.1 Å². The third kappa shape index (κ3) is 2.40. The lowest BCUT2D eigenvalue weighted by atomic mass is 10.2. The van der Waals surface area contributed by atoms with Crippen LogP contribution in [-0.2, 0) is 0 Å². The second-order valence-electron chi connectivity index (χ2n) is 3.39. The van der Waals surface area contributed by atoms with E-state index in [0.717, 1.165) is 12.1 Å². The van der Waals surface area contributed by atoms with Crippen molar-refractivity contribution in [2.75, 3.05) is 5.32 Å². The molecule has 0 fully saturated rings. The van der Waals surface area contributed by atoms with Crippen LogP contribution in [0.5, 0.6) is 0 Å². The number of anilines is 2. The Bertz CT molecular complexity index is 605.